The molecule has 0 spiro atoms. The van der Waals surface area contributed by atoms with E-state index in [0.717, 1.165) is 19.8 Å². The van der Waals surface area contributed by atoms with Gasteiger partial charge >= 0.3 is 6.03 Å². The minimum Gasteiger partial charge on any atom is -0.387 e. The molecule has 0 unspecified atom stereocenters. The molecule has 0 fully saturated rings. The fourth-order valence-electron chi connectivity index (χ4n) is 2.85. The second kappa shape index (κ2) is 9.31. The molecule has 0 aliphatic carbocycles. The Labute approximate surface area is 199 Å². The summed E-state index contributed by atoms with van der Waals surface area (Å²) >= 11 is 11.9. The molecule has 0 aliphatic rings. The van der Waals surface area contributed by atoms with E-state index in [1.165, 1.54) is 34.0 Å². The van der Waals surface area contributed by atoms with E-state index in [4.69, 9.17) is 11.6 Å². The van der Waals surface area contributed by atoms with E-state index < -0.39 is 6.03 Å². The van der Waals surface area contributed by atoms with Crippen molar-refractivity contribution in [3.8, 4) is 5.82 Å². The Morgan fingerprint density at radius 2 is 2.06 bits per heavy atom. The first-order valence-electron chi connectivity index (χ1n) is 8.93. The van der Waals surface area contributed by atoms with Gasteiger partial charge in [0.25, 0.3) is 5.56 Å². The third-order valence-electron chi connectivity index (χ3n) is 4.31. The smallest absolute Gasteiger partial charge is 0.329 e. The first-order valence-corrected chi connectivity index (χ1v) is 11.7. The lowest BCUT2D eigenvalue weighted by Crippen LogP contribution is -2.23. The van der Waals surface area contributed by atoms with E-state index in [1.807, 2.05) is 25.2 Å². The van der Waals surface area contributed by atoms with Crippen LogP contribution < -0.4 is 20.9 Å². The fraction of sp³-hybridized carbons (Fsp3) is 0.0500. The number of nitrogens with one attached hydrogen (secondary N) is 3. The minimum atomic E-state index is -0.392. The summed E-state index contributed by atoms with van der Waals surface area (Å²) in [5.74, 6) is 0.453. The second-order valence-corrected chi connectivity index (χ2v) is 9.96. The molecule has 0 bridgehead atoms. The van der Waals surface area contributed by atoms with Crippen molar-refractivity contribution < 1.29 is 4.79 Å². The number of halogens is 2. The van der Waals surface area contributed by atoms with Gasteiger partial charge in [-0.3, -0.25) is 14.1 Å². The van der Waals surface area contributed by atoms with Crippen LogP contribution in [0.5, 0.6) is 0 Å². The lowest BCUT2D eigenvalue weighted by Gasteiger charge is -2.10. The number of aromatic nitrogens is 2. The van der Waals surface area contributed by atoms with E-state index in [-0.39, 0.29) is 5.56 Å². The first kappa shape index (κ1) is 21.7. The van der Waals surface area contributed by atoms with Crippen molar-refractivity contribution >= 4 is 79.0 Å². The number of nitrogens with zero attached hydrogens (tertiary/aromatic N) is 2. The van der Waals surface area contributed by atoms with Crippen molar-refractivity contribution in [3.05, 3.63) is 74.0 Å². The number of fused-ring (bicyclic) bond motifs is 1. The highest BCUT2D eigenvalue weighted by molar-refractivity contribution is 9.10. The monoisotopic (exact) mass is 535 g/mol. The summed E-state index contributed by atoms with van der Waals surface area (Å²) in [5.41, 5.74) is 1.22. The summed E-state index contributed by atoms with van der Waals surface area (Å²) in [7, 11) is 1.82. The summed E-state index contributed by atoms with van der Waals surface area (Å²) < 4.78 is 6.48. The number of carbonyl (C=O) groups is 1. The maximum absolute atomic E-state index is 13.0. The average molecular weight is 537 g/mol. The van der Waals surface area contributed by atoms with Crippen LogP contribution in [0, 0.1) is 0 Å². The van der Waals surface area contributed by atoms with Crippen LogP contribution in [0.3, 0.4) is 0 Å². The maximum atomic E-state index is 13.0. The largest absolute Gasteiger partial charge is 0.387 e. The number of thiophene rings is 1. The number of amides is 2. The summed E-state index contributed by atoms with van der Waals surface area (Å²) in [4.78, 5) is 29.3. The normalized spacial score (nSPS) is 10.8. The Kier molecular flexibility index (Phi) is 6.51. The highest BCUT2D eigenvalue weighted by Crippen LogP contribution is 2.29. The first-order chi connectivity index (χ1) is 14.9. The third kappa shape index (κ3) is 4.87. The van der Waals surface area contributed by atoms with Gasteiger partial charge in [-0.15, -0.1) is 11.3 Å². The number of pyridine rings is 2. The Bertz CT molecular complexity index is 1320. The molecular weight excluding hydrogens is 522 g/mol. The molecule has 3 aromatic heterocycles. The predicted octanol–water partition coefficient (Wildman–Crippen LogP) is 5.73. The van der Waals surface area contributed by atoms with Gasteiger partial charge < -0.3 is 10.6 Å². The van der Waals surface area contributed by atoms with Gasteiger partial charge in [-0.25, -0.2) is 9.78 Å². The van der Waals surface area contributed by atoms with Crippen molar-refractivity contribution in [1.29, 1.82) is 0 Å². The van der Waals surface area contributed by atoms with Crippen molar-refractivity contribution in [1.82, 2.24) is 14.3 Å². The minimum absolute atomic E-state index is 0.183. The molecule has 2 amide bonds. The summed E-state index contributed by atoms with van der Waals surface area (Å²) in [5, 5.41) is 7.18. The number of hydrogen-bond acceptors (Lipinski definition) is 6. The number of urea groups is 1. The van der Waals surface area contributed by atoms with Crippen LogP contribution >= 0.6 is 50.8 Å². The van der Waals surface area contributed by atoms with Gasteiger partial charge in [-0.1, -0.05) is 11.6 Å². The number of anilines is 2. The van der Waals surface area contributed by atoms with Crippen LogP contribution in [0.4, 0.5) is 16.2 Å². The molecule has 0 atom stereocenters. The van der Waals surface area contributed by atoms with Crippen LogP contribution in [0.2, 0.25) is 4.34 Å². The number of rotatable bonds is 5. The number of hydrogen-bond donors (Lipinski definition) is 3. The lowest BCUT2D eigenvalue weighted by atomic mass is 10.1. The van der Waals surface area contributed by atoms with Crippen LogP contribution in [0.1, 0.15) is 0 Å². The van der Waals surface area contributed by atoms with Gasteiger partial charge in [0.05, 0.1) is 20.4 Å². The SMILES string of the molecule is CNc1cc2ccn(-c3ccc(NC(=O)NSc4ccc(Cl)s4)cn3)c(=O)c2cc1Br. The van der Waals surface area contributed by atoms with Gasteiger partial charge in [-0.2, -0.15) is 0 Å². The fourth-order valence-corrected chi connectivity index (χ4v) is 5.24. The Balaban J connectivity index is 1.50. The molecule has 7 nitrogen and oxygen atoms in total. The van der Waals surface area contributed by atoms with Crippen molar-refractivity contribution in [2.24, 2.45) is 0 Å². The zero-order valence-electron chi connectivity index (χ0n) is 16.0. The van der Waals surface area contributed by atoms with Crippen LogP contribution in [0.25, 0.3) is 16.6 Å². The molecule has 0 saturated carbocycles. The molecule has 31 heavy (non-hydrogen) atoms. The van der Waals surface area contributed by atoms with Gasteiger partial charge in [0.1, 0.15) is 5.82 Å². The van der Waals surface area contributed by atoms with Crippen LogP contribution in [-0.2, 0) is 0 Å². The lowest BCUT2D eigenvalue weighted by molar-refractivity contribution is 0.257. The van der Waals surface area contributed by atoms with Crippen LogP contribution in [0.15, 0.2) is 68.3 Å². The molecule has 1 aromatic carbocycles. The van der Waals surface area contributed by atoms with E-state index >= 15 is 0 Å². The van der Waals surface area contributed by atoms with Crippen molar-refractivity contribution in [2.45, 2.75) is 4.21 Å². The predicted molar refractivity (Wildman–Crippen MR) is 132 cm³/mol. The van der Waals surface area contributed by atoms with Crippen LogP contribution in [-0.4, -0.2) is 22.6 Å². The molecule has 0 saturated heterocycles. The van der Waals surface area contributed by atoms with Gasteiger partial charge in [-0.05, 0) is 75.7 Å². The highest BCUT2D eigenvalue weighted by Gasteiger charge is 2.10. The zero-order chi connectivity index (χ0) is 22.0. The van der Waals surface area contributed by atoms with E-state index in [1.54, 1.807) is 30.5 Å². The molecule has 0 radical (unpaired) electrons. The highest BCUT2D eigenvalue weighted by atomic mass is 79.9. The number of carbonyl (C=O) groups excluding carboxylic acids is 1. The molecule has 3 heterocycles. The number of benzene rings is 1. The summed E-state index contributed by atoms with van der Waals surface area (Å²) in [6.07, 6.45) is 3.18. The molecule has 0 aliphatic heterocycles. The average Bonchev–Trinajstić information content (AvgIpc) is 3.18. The summed E-state index contributed by atoms with van der Waals surface area (Å²) in [6, 6.07) is 12.1. The molecule has 11 heteroatoms. The molecule has 158 valence electrons. The van der Waals surface area contributed by atoms with Gasteiger partial charge in [0.15, 0.2) is 0 Å². The summed E-state index contributed by atoms with van der Waals surface area (Å²) in [6.45, 7) is 0. The molecule has 4 rings (SSSR count). The quantitative estimate of drug-likeness (QED) is 0.283. The Hall–Kier alpha value is -2.53. The molecule has 4 aromatic rings. The standard InChI is InChI=1S/C20H15BrClN5O2S2/c1-23-15-8-11-6-7-27(19(28)13(11)9-14(15)21)17-4-2-12(10-24-17)25-20(29)26-31-18-5-3-16(22)30-18/h2-10,23H,1H3,(H2,25,26,29). The maximum Gasteiger partial charge on any atom is 0.329 e. The van der Waals surface area contributed by atoms with Gasteiger partial charge in [0.2, 0.25) is 0 Å². The van der Waals surface area contributed by atoms with E-state index in [9.17, 15) is 9.59 Å². The zero-order valence-corrected chi connectivity index (χ0v) is 20.0. The molecular formula is C20H15BrClN5O2S2. The van der Waals surface area contributed by atoms with E-state index in [2.05, 4.69) is 36.3 Å². The van der Waals surface area contributed by atoms with E-state index in [0.29, 0.717) is 21.2 Å². The van der Waals surface area contributed by atoms with Crippen molar-refractivity contribution in [2.75, 3.05) is 17.7 Å². The molecule has 3 N–H and O–H groups in total. The van der Waals surface area contributed by atoms with Crippen molar-refractivity contribution in [3.63, 3.8) is 0 Å². The Morgan fingerprint density at radius 3 is 2.74 bits per heavy atom. The topological polar surface area (TPSA) is 88.1 Å². The Morgan fingerprint density at radius 1 is 1.23 bits per heavy atom. The third-order valence-corrected chi connectivity index (χ3v) is 7.11. The van der Waals surface area contributed by atoms with Gasteiger partial charge in [0, 0.05) is 28.8 Å². The second-order valence-electron chi connectivity index (χ2n) is 6.28.